The van der Waals surface area contributed by atoms with E-state index in [0.717, 1.165) is 35.6 Å². The summed E-state index contributed by atoms with van der Waals surface area (Å²) in [5.41, 5.74) is 11.3. The van der Waals surface area contributed by atoms with Gasteiger partial charge in [-0.05, 0) is 71.5 Å². The third-order valence-corrected chi connectivity index (χ3v) is 14.5. The first-order chi connectivity index (χ1) is 28.3. The van der Waals surface area contributed by atoms with Crippen LogP contribution in [0.15, 0.2) is 196 Å². The number of thiophene rings is 1. The summed E-state index contributed by atoms with van der Waals surface area (Å²) >= 11 is 3.90. The molecule has 6 heteroatoms. The average Bonchev–Trinajstić information content (AvgIpc) is 3.96. The van der Waals surface area contributed by atoms with Crippen molar-refractivity contribution in [2.24, 2.45) is 15.9 Å². The average molecular weight is 769 g/mol. The number of benzene rings is 6. The first kappa shape index (κ1) is 33.0. The third kappa shape index (κ3) is 5.28. The predicted octanol–water partition coefficient (Wildman–Crippen LogP) is 13.0. The zero-order valence-electron chi connectivity index (χ0n) is 31.0. The number of para-hydroxylation sites is 2. The molecule has 57 heavy (non-hydrogen) atoms. The number of amidine groups is 2. The highest BCUT2D eigenvalue weighted by Crippen LogP contribution is 2.56. The van der Waals surface area contributed by atoms with Crippen LogP contribution in [0, 0.1) is 5.92 Å². The van der Waals surface area contributed by atoms with E-state index in [1.807, 2.05) is 23.1 Å². The van der Waals surface area contributed by atoms with Gasteiger partial charge >= 0.3 is 0 Å². The fourth-order valence-corrected chi connectivity index (χ4v) is 12.1. The Labute approximate surface area is 339 Å². The van der Waals surface area contributed by atoms with Crippen LogP contribution in [0.1, 0.15) is 35.7 Å². The number of allylic oxidation sites excluding steroid dienone is 5. The van der Waals surface area contributed by atoms with Gasteiger partial charge in [0, 0.05) is 58.2 Å². The maximum atomic E-state index is 5.32. The Bertz CT molecular complexity index is 3090. The normalized spacial score (nSPS) is 20.3. The molecule has 2 aromatic heterocycles. The second kappa shape index (κ2) is 13.2. The van der Waals surface area contributed by atoms with Crippen LogP contribution >= 0.6 is 23.1 Å². The Hall–Kier alpha value is -6.21. The van der Waals surface area contributed by atoms with Gasteiger partial charge in [0.05, 0.1) is 16.7 Å². The van der Waals surface area contributed by atoms with E-state index in [0.29, 0.717) is 5.25 Å². The summed E-state index contributed by atoms with van der Waals surface area (Å²) in [5, 5.41) is 9.24. The number of hydrogen-bond acceptors (Lipinski definition) is 5. The monoisotopic (exact) mass is 768 g/mol. The van der Waals surface area contributed by atoms with Gasteiger partial charge in [0.15, 0.2) is 6.17 Å². The van der Waals surface area contributed by atoms with Gasteiger partial charge in [-0.3, -0.25) is 0 Å². The van der Waals surface area contributed by atoms with E-state index in [1.54, 1.807) is 0 Å². The van der Waals surface area contributed by atoms with E-state index in [2.05, 4.69) is 180 Å². The van der Waals surface area contributed by atoms with Gasteiger partial charge in [0.25, 0.3) is 0 Å². The maximum Gasteiger partial charge on any atom is 0.169 e. The Morgan fingerprint density at radius 3 is 2.18 bits per heavy atom. The number of aliphatic imine (C=N–C) groups is 2. The Morgan fingerprint density at radius 2 is 1.37 bits per heavy atom. The molecule has 3 atom stereocenters. The SMILES string of the molecule is C1=CC2SC3=C(C4=NC(c5ccccc5)N=C(c5ccccc5)N4)CCC=C3C2C(c2ccc3sc4cccc(-n5c6ccccc6c6ccccc65)c4c3c2)=C1. The summed E-state index contributed by atoms with van der Waals surface area (Å²) in [7, 11) is 0. The molecule has 0 radical (unpaired) electrons. The van der Waals surface area contributed by atoms with E-state index < -0.39 is 0 Å². The molecule has 2 aliphatic heterocycles. The molecule has 4 aliphatic rings. The second-order valence-corrected chi connectivity index (χ2v) is 17.4. The third-order valence-electron chi connectivity index (χ3n) is 11.9. The highest BCUT2D eigenvalue weighted by molar-refractivity contribution is 8.04. The van der Waals surface area contributed by atoms with Crippen LogP contribution in [0.25, 0.3) is 53.2 Å². The molecule has 8 aromatic rings. The van der Waals surface area contributed by atoms with Crippen molar-refractivity contribution in [3.63, 3.8) is 0 Å². The molecule has 1 N–H and O–H groups in total. The Kier molecular flexibility index (Phi) is 7.63. The second-order valence-electron chi connectivity index (χ2n) is 15.1. The summed E-state index contributed by atoms with van der Waals surface area (Å²) in [6, 6.07) is 52.5. The lowest BCUT2D eigenvalue weighted by Crippen LogP contribution is -2.37. The number of thioether (sulfide) groups is 1. The van der Waals surface area contributed by atoms with Crippen molar-refractivity contribution in [3.05, 3.63) is 203 Å². The molecular weight excluding hydrogens is 733 g/mol. The van der Waals surface area contributed by atoms with Gasteiger partial charge in [-0.1, -0.05) is 133 Å². The minimum absolute atomic E-state index is 0.265. The number of hydrogen-bond donors (Lipinski definition) is 1. The lowest BCUT2D eigenvalue weighted by molar-refractivity contribution is 0.750. The zero-order valence-corrected chi connectivity index (χ0v) is 32.6. The van der Waals surface area contributed by atoms with Crippen LogP contribution in [-0.2, 0) is 0 Å². The van der Waals surface area contributed by atoms with Crippen LogP contribution in [0.5, 0.6) is 0 Å². The molecule has 3 unspecified atom stereocenters. The molecule has 6 aromatic carbocycles. The Balaban J connectivity index is 0.962. The van der Waals surface area contributed by atoms with E-state index in [-0.39, 0.29) is 12.1 Å². The number of rotatable bonds is 5. The molecule has 0 amide bonds. The van der Waals surface area contributed by atoms with Crippen LogP contribution < -0.4 is 5.32 Å². The van der Waals surface area contributed by atoms with E-state index >= 15 is 0 Å². The van der Waals surface area contributed by atoms with Crippen molar-refractivity contribution in [1.82, 2.24) is 9.88 Å². The lowest BCUT2D eigenvalue weighted by atomic mass is 9.78. The fraction of sp³-hybridized carbons (Fsp3) is 0.0980. The summed E-state index contributed by atoms with van der Waals surface area (Å²) < 4.78 is 5.10. The van der Waals surface area contributed by atoms with Crippen molar-refractivity contribution in [2.75, 3.05) is 0 Å². The molecule has 272 valence electrons. The van der Waals surface area contributed by atoms with Gasteiger partial charge in [-0.2, -0.15) is 0 Å². The minimum Gasteiger partial charge on any atom is -0.325 e. The number of nitrogens with one attached hydrogen (secondary N) is 1. The smallest absolute Gasteiger partial charge is 0.169 e. The van der Waals surface area contributed by atoms with E-state index in [1.165, 1.54) is 74.9 Å². The topological polar surface area (TPSA) is 41.7 Å². The highest BCUT2D eigenvalue weighted by atomic mass is 32.2. The standard InChI is InChI=1S/C51H36N4S2/c1-3-14-31(15-4-1)49-52-50(32-16-5-2-6-17-32)54-51(53-49)38-22-11-21-37-46-34(20-12-26-44(46)57-48(37)38)33-28-29-43-39(30-33)47-42(25-13-27-45(47)56-43)55-40-23-9-7-18-35(40)36-19-8-10-24-41(36)55/h1-10,12-21,23-30,44,46,49H,11,22H2,(H,52,53,54). The van der Waals surface area contributed by atoms with Gasteiger partial charge in [-0.25, -0.2) is 9.98 Å². The van der Waals surface area contributed by atoms with Gasteiger partial charge < -0.3 is 9.88 Å². The maximum absolute atomic E-state index is 5.32. The van der Waals surface area contributed by atoms with E-state index in [4.69, 9.17) is 9.98 Å². The lowest BCUT2D eigenvalue weighted by Gasteiger charge is -2.27. The number of aromatic nitrogens is 1. The predicted molar refractivity (Wildman–Crippen MR) is 243 cm³/mol. The molecule has 4 heterocycles. The molecule has 1 fully saturated rings. The number of nitrogens with zero attached hydrogens (tertiary/aromatic N) is 3. The van der Waals surface area contributed by atoms with Gasteiger partial charge in [-0.15, -0.1) is 23.1 Å². The highest BCUT2D eigenvalue weighted by Gasteiger charge is 2.42. The van der Waals surface area contributed by atoms with Crippen molar-refractivity contribution in [1.29, 1.82) is 0 Å². The minimum atomic E-state index is -0.302. The molecule has 12 rings (SSSR count). The fourth-order valence-electron chi connectivity index (χ4n) is 9.39. The summed E-state index contributed by atoms with van der Waals surface area (Å²) in [5.74, 6) is 2.08. The van der Waals surface area contributed by atoms with E-state index in [9.17, 15) is 0 Å². The number of fused-ring (bicyclic) bond motifs is 9. The molecule has 0 bridgehead atoms. The van der Waals surface area contributed by atoms with Crippen LogP contribution in [-0.4, -0.2) is 21.5 Å². The summed E-state index contributed by atoms with van der Waals surface area (Å²) in [6.45, 7) is 0. The quantitative estimate of drug-likeness (QED) is 0.189. The van der Waals surface area contributed by atoms with Crippen molar-refractivity contribution in [2.45, 2.75) is 24.3 Å². The molecule has 0 saturated carbocycles. The largest absolute Gasteiger partial charge is 0.325 e. The van der Waals surface area contributed by atoms with Gasteiger partial charge in [0.2, 0.25) is 0 Å². The molecule has 2 aliphatic carbocycles. The molecule has 4 nitrogen and oxygen atoms in total. The van der Waals surface area contributed by atoms with Crippen LogP contribution in [0.2, 0.25) is 0 Å². The van der Waals surface area contributed by atoms with Crippen molar-refractivity contribution >= 4 is 82.3 Å². The molecular formula is C51H36N4S2. The summed E-state index contributed by atoms with van der Waals surface area (Å²) in [6.07, 6.45) is 11.2. The van der Waals surface area contributed by atoms with Crippen molar-refractivity contribution in [3.8, 4) is 5.69 Å². The molecule has 0 spiro atoms. The molecule has 1 saturated heterocycles. The Morgan fingerprint density at radius 1 is 0.632 bits per heavy atom. The zero-order chi connectivity index (χ0) is 37.5. The van der Waals surface area contributed by atoms with Gasteiger partial charge in [0.1, 0.15) is 11.7 Å². The first-order valence-corrected chi connectivity index (χ1v) is 21.4. The van der Waals surface area contributed by atoms with Crippen LogP contribution in [0.4, 0.5) is 0 Å². The van der Waals surface area contributed by atoms with Crippen molar-refractivity contribution < 1.29 is 0 Å². The summed E-state index contributed by atoms with van der Waals surface area (Å²) in [4.78, 5) is 11.8. The first-order valence-electron chi connectivity index (χ1n) is 19.7. The van der Waals surface area contributed by atoms with Crippen LogP contribution in [0.3, 0.4) is 0 Å².